The van der Waals surface area contributed by atoms with Crippen LogP contribution in [-0.2, 0) is 0 Å². The van der Waals surface area contributed by atoms with Gasteiger partial charge in [-0.15, -0.1) is 0 Å². The fourth-order valence-corrected chi connectivity index (χ4v) is 1.33. The van der Waals surface area contributed by atoms with Crippen molar-refractivity contribution in [2.75, 3.05) is 0 Å². The number of imidazole rings is 1. The van der Waals surface area contributed by atoms with E-state index in [9.17, 15) is 4.79 Å². The zero-order valence-corrected chi connectivity index (χ0v) is 8.08. The van der Waals surface area contributed by atoms with E-state index >= 15 is 0 Å². The zero-order chi connectivity index (χ0) is 10.8. The maximum Gasteiger partial charge on any atom is 0.337 e. The van der Waals surface area contributed by atoms with Crippen molar-refractivity contribution in [1.29, 1.82) is 0 Å². The highest BCUT2D eigenvalue weighted by molar-refractivity contribution is 5.87. The zero-order valence-electron chi connectivity index (χ0n) is 8.08. The standard InChI is InChI=1S/C10H9N3O2/c1-7-12-2-3-13(7)9-4-8(10(14)15)5-11-6-9/h2-6H,1H3,(H,14,15). The normalized spacial score (nSPS) is 10.2. The van der Waals surface area contributed by atoms with Crippen molar-refractivity contribution in [2.24, 2.45) is 0 Å². The minimum absolute atomic E-state index is 0.167. The van der Waals surface area contributed by atoms with E-state index in [2.05, 4.69) is 9.97 Å². The van der Waals surface area contributed by atoms with Crippen molar-refractivity contribution in [3.05, 3.63) is 42.2 Å². The summed E-state index contributed by atoms with van der Waals surface area (Å²) < 4.78 is 1.78. The molecule has 0 amide bonds. The van der Waals surface area contributed by atoms with Crippen molar-refractivity contribution in [3.8, 4) is 5.69 Å². The summed E-state index contributed by atoms with van der Waals surface area (Å²) in [4.78, 5) is 18.7. The summed E-state index contributed by atoms with van der Waals surface area (Å²) in [5.41, 5.74) is 0.866. The molecule has 0 aliphatic carbocycles. The second-order valence-electron chi connectivity index (χ2n) is 3.08. The average Bonchev–Trinajstić information content (AvgIpc) is 2.64. The molecule has 0 saturated heterocycles. The van der Waals surface area contributed by atoms with Crippen LogP contribution in [0.3, 0.4) is 0 Å². The van der Waals surface area contributed by atoms with Crippen LogP contribution in [0.25, 0.3) is 5.69 Å². The van der Waals surface area contributed by atoms with Gasteiger partial charge >= 0.3 is 5.97 Å². The van der Waals surface area contributed by atoms with Crippen molar-refractivity contribution >= 4 is 5.97 Å². The molecule has 0 bridgehead atoms. The Labute approximate surface area is 86.0 Å². The molecular formula is C10H9N3O2. The maximum atomic E-state index is 10.7. The summed E-state index contributed by atoms with van der Waals surface area (Å²) in [5, 5.41) is 8.81. The van der Waals surface area contributed by atoms with Crippen molar-refractivity contribution in [1.82, 2.24) is 14.5 Å². The summed E-state index contributed by atoms with van der Waals surface area (Å²) >= 11 is 0. The lowest BCUT2D eigenvalue weighted by Gasteiger charge is -2.04. The van der Waals surface area contributed by atoms with Crippen LogP contribution in [0.4, 0.5) is 0 Å². The van der Waals surface area contributed by atoms with Gasteiger partial charge in [0.25, 0.3) is 0 Å². The third kappa shape index (κ3) is 1.71. The van der Waals surface area contributed by atoms with Gasteiger partial charge in [0.1, 0.15) is 5.82 Å². The van der Waals surface area contributed by atoms with Crippen LogP contribution < -0.4 is 0 Å². The van der Waals surface area contributed by atoms with E-state index in [1.807, 2.05) is 6.92 Å². The first-order valence-electron chi connectivity index (χ1n) is 4.37. The molecule has 15 heavy (non-hydrogen) atoms. The van der Waals surface area contributed by atoms with E-state index in [4.69, 9.17) is 5.11 Å². The Kier molecular flexibility index (Phi) is 2.21. The van der Waals surface area contributed by atoms with E-state index in [-0.39, 0.29) is 5.56 Å². The highest BCUT2D eigenvalue weighted by atomic mass is 16.4. The van der Waals surface area contributed by atoms with E-state index in [0.717, 1.165) is 5.82 Å². The monoisotopic (exact) mass is 203 g/mol. The van der Waals surface area contributed by atoms with Crippen LogP contribution >= 0.6 is 0 Å². The summed E-state index contributed by atoms with van der Waals surface area (Å²) in [5.74, 6) is -0.193. The number of nitrogens with zero attached hydrogens (tertiary/aromatic N) is 3. The molecule has 0 unspecified atom stereocenters. The quantitative estimate of drug-likeness (QED) is 0.798. The summed E-state index contributed by atoms with van der Waals surface area (Å²) in [6.07, 6.45) is 6.33. The molecule has 0 aromatic carbocycles. The van der Waals surface area contributed by atoms with Gasteiger partial charge in [-0.1, -0.05) is 0 Å². The number of hydrogen-bond donors (Lipinski definition) is 1. The number of pyridine rings is 1. The molecule has 0 atom stereocenters. The molecule has 5 nitrogen and oxygen atoms in total. The lowest BCUT2D eigenvalue weighted by Crippen LogP contribution is -2.01. The second kappa shape index (κ2) is 3.53. The first kappa shape index (κ1) is 9.39. The van der Waals surface area contributed by atoms with Gasteiger partial charge in [-0.2, -0.15) is 0 Å². The number of carbonyl (C=O) groups is 1. The van der Waals surface area contributed by atoms with Crippen LogP contribution in [0.15, 0.2) is 30.9 Å². The molecule has 1 N–H and O–H groups in total. The molecule has 2 heterocycles. The molecule has 0 radical (unpaired) electrons. The van der Waals surface area contributed by atoms with Gasteiger partial charge in [0.05, 0.1) is 17.4 Å². The van der Waals surface area contributed by atoms with Crippen LogP contribution in [0.1, 0.15) is 16.2 Å². The Morgan fingerprint density at radius 3 is 2.87 bits per heavy atom. The molecule has 2 rings (SSSR count). The van der Waals surface area contributed by atoms with Crippen LogP contribution in [-0.4, -0.2) is 25.6 Å². The largest absolute Gasteiger partial charge is 0.478 e. The number of rotatable bonds is 2. The van der Waals surface area contributed by atoms with Gasteiger partial charge in [0, 0.05) is 18.6 Å². The highest BCUT2D eigenvalue weighted by Crippen LogP contribution is 2.10. The lowest BCUT2D eigenvalue weighted by atomic mass is 10.2. The topological polar surface area (TPSA) is 68.0 Å². The minimum Gasteiger partial charge on any atom is -0.478 e. The molecule has 0 aliphatic heterocycles. The van der Waals surface area contributed by atoms with E-state index in [1.54, 1.807) is 29.2 Å². The summed E-state index contributed by atoms with van der Waals surface area (Å²) in [6.45, 7) is 1.84. The van der Waals surface area contributed by atoms with Crippen LogP contribution in [0.2, 0.25) is 0 Å². The number of carboxylic acids is 1. The molecule has 5 heteroatoms. The van der Waals surface area contributed by atoms with Crippen molar-refractivity contribution < 1.29 is 9.90 Å². The summed E-state index contributed by atoms with van der Waals surface area (Å²) in [7, 11) is 0. The molecule has 0 aliphatic rings. The van der Waals surface area contributed by atoms with Crippen LogP contribution in [0, 0.1) is 6.92 Å². The first-order chi connectivity index (χ1) is 7.18. The first-order valence-corrected chi connectivity index (χ1v) is 4.37. The van der Waals surface area contributed by atoms with E-state index in [1.165, 1.54) is 6.20 Å². The third-order valence-corrected chi connectivity index (χ3v) is 2.07. The molecule has 2 aromatic heterocycles. The van der Waals surface area contributed by atoms with Gasteiger partial charge in [-0.3, -0.25) is 4.98 Å². The lowest BCUT2D eigenvalue weighted by molar-refractivity contribution is 0.0696. The van der Waals surface area contributed by atoms with Crippen molar-refractivity contribution in [2.45, 2.75) is 6.92 Å². The minimum atomic E-state index is -0.984. The van der Waals surface area contributed by atoms with Gasteiger partial charge in [-0.05, 0) is 13.0 Å². The Hall–Kier alpha value is -2.17. The second-order valence-corrected chi connectivity index (χ2v) is 3.08. The Bertz CT molecular complexity index is 505. The van der Waals surface area contributed by atoms with Crippen molar-refractivity contribution in [3.63, 3.8) is 0 Å². The Balaban J connectivity index is 2.50. The number of aromatic nitrogens is 3. The predicted molar refractivity (Wildman–Crippen MR) is 53.1 cm³/mol. The summed E-state index contributed by atoms with van der Waals surface area (Å²) in [6, 6.07) is 1.56. The number of aromatic carboxylic acids is 1. The molecule has 2 aromatic rings. The molecule has 76 valence electrons. The van der Waals surface area contributed by atoms with E-state index < -0.39 is 5.97 Å². The van der Waals surface area contributed by atoms with Gasteiger partial charge in [0.2, 0.25) is 0 Å². The van der Waals surface area contributed by atoms with Gasteiger partial charge in [-0.25, -0.2) is 9.78 Å². The molecule has 0 saturated carbocycles. The van der Waals surface area contributed by atoms with Gasteiger partial charge < -0.3 is 9.67 Å². The van der Waals surface area contributed by atoms with E-state index in [0.29, 0.717) is 5.69 Å². The average molecular weight is 203 g/mol. The SMILES string of the molecule is Cc1nccn1-c1cncc(C(=O)O)c1. The Morgan fingerprint density at radius 2 is 2.27 bits per heavy atom. The number of hydrogen-bond acceptors (Lipinski definition) is 3. The number of carboxylic acid groups (broad SMARTS) is 1. The molecular weight excluding hydrogens is 194 g/mol. The number of aryl methyl sites for hydroxylation is 1. The van der Waals surface area contributed by atoms with Crippen LogP contribution in [0.5, 0.6) is 0 Å². The molecule has 0 fully saturated rings. The third-order valence-electron chi connectivity index (χ3n) is 2.07. The predicted octanol–water partition coefficient (Wildman–Crippen LogP) is 1.27. The van der Waals surface area contributed by atoms with Gasteiger partial charge in [0.15, 0.2) is 0 Å². The molecule has 0 spiro atoms. The fraction of sp³-hybridized carbons (Fsp3) is 0.100. The maximum absolute atomic E-state index is 10.7. The highest BCUT2D eigenvalue weighted by Gasteiger charge is 2.06. The fourth-order valence-electron chi connectivity index (χ4n) is 1.33. The smallest absolute Gasteiger partial charge is 0.337 e. The Morgan fingerprint density at radius 1 is 1.47 bits per heavy atom.